The van der Waals surface area contributed by atoms with Crippen molar-refractivity contribution in [1.82, 2.24) is 4.31 Å². The summed E-state index contributed by atoms with van der Waals surface area (Å²) in [6.45, 7) is 2.92. The summed E-state index contributed by atoms with van der Waals surface area (Å²) in [5, 5.41) is 8.75. The predicted octanol–water partition coefficient (Wildman–Crippen LogP) is 1.31. The summed E-state index contributed by atoms with van der Waals surface area (Å²) >= 11 is 0. The van der Waals surface area contributed by atoms with Crippen LogP contribution in [0.15, 0.2) is 29.2 Å². The monoisotopic (exact) mass is 293 g/mol. The molecular weight excluding hydrogens is 274 g/mol. The highest BCUT2D eigenvalue weighted by Crippen LogP contribution is 2.25. The van der Waals surface area contributed by atoms with Gasteiger partial charge in [-0.25, -0.2) is 8.42 Å². The van der Waals surface area contributed by atoms with Crippen molar-refractivity contribution in [2.24, 2.45) is 11.7 Å². The Balaban J connectivity index is 2.23. The van der Waals surface area contributed by atoms with Crippen LogP contribution in [0.1, 0.15) is 25.3 Å². The maximum atomic E-state index is 12.6. The molecule has 0 radical (unpaired) electrons. The maximum absolute atomic E-state index is 12.6. The SMILES string of the molecule is C[C@H](N)[C@@H]1CCCN(S(=O)(=O)c2ccc(C#N)cc2)C1. The minimum absolute atomic E-state index is 0.00559. The molecule has 0 aliphatic carbocycles. The third-order valence-electron chi connectivity index (χ3n) is 3.79. The zero-order valence-corrected chi connectivity index (χ0v) is 12.3. The van der Waals surface area contributed by atoms with E-state index in [-0.39, 0.29) is 16.9 Å². The first-order valence-electron chi connectivity index (χ1n) is 6.71. The summed E-state index contributed by atoms with van der Waals surface area (Å²) in [6.07, 6.45) is 1.80. The molecule has 1 aliphatic heterocycles. The first-order chi connectivity index (χ1) is 9.45. The second kappa shape index (κ2) is 5.92. The molecule has 0 saturated carbocycles. The number of nitrogens with two attached hydrogens (primary N) is 1. The maximum Gasteiger partial charge on any atom is 0.243 e. The van der Waals surface area contributed by atoms with Gasteiger partial charge in [0.05, 0.1) is 16.5 Å². The van der Waals surface area contributed by atoms with Crippen LogP contribution in [-0.4, -0.2) is 31.9 Å². The number of rotatable bonds is 3. The molecule has 0 unspecified atom stereocenters. The molecule has 108 valence electrons. The molecule has 2 N–H and O–H groups in total. The van der Waals surface area contributed by atoms with Crippen molar-refractivity contribution in [3.63, 3.8) is 0 Å². The van der Waals surface area contributed by atoms with Gasteiger partial charge < -0.3 is 5.73 Å². The van der Waals surface area contributed by atoms with Gasteiger partial charge in [-0.3, -0.25) is 0 Å². The van der Waals surface area contributed by atoms with Crippen molar-refractivity contribution in [3.05, 3.63) is 29.8 Å². The summed E-state index contributed by atoms with van der Waals surface area (Å²) in [7, 11) is -3.49. The van der Waals surface area contributed by atoms with E-state index in [0.29, 0.717) is 18.7 Å². The number of nitriles is 1. The molecule has 6 heteroatoms. The van der Waals surface area contributed by atoms with Gasteiger partial charge in [0, 0.05) is 19.1 Å². The van der Waals surface area contributed by atoms with Gasteiger partial charge in [0.25, 0.3) is 0 Å². The second-order valence-corrected chi connectivity index (χ2v) is 7.20. The Hall–Kier alpha value is -1.42. The van der Waals surface area contributed by atoms with E-state index in [1.807, 2.05) is 13.0 Å². The Morgan fingerprint density at radius 1 is 1.40 bits per heavy atom. The zero-order chi connectivity index (χ0) is 14.8. The van der Waals surface area contributed by atoms with Gasteiger partial charge in [-0.15, -0.1) is 0 Å². The van der Waals surface area contributed by atoms with Crippen LogP contribution in [0.5, 0.6) is 0 Å². The molecule has 5 nitrogen and oxygen atoms in total. The van der Waals surface area contributed by atoms with E-state index in [0.717, 1.165) is 12.8 Å². The van der Waals surface area contributed by atoms with E-state index in [9.17, 15) is 8.42 Å². The third-order valence-corrected chi connectivity index (χ3v) is 5.66. The van der Waals surface area contributed by atoms with Crippen molar-refractivity contribution >= 4 is 10.0 Å². The quantitative estimate of drug-likeness (QED) is 0.910. The summed E-state index contributed by atoms with van der Waals surface area (Å²) in [4.78, 5) is 0.238. The van der Waals surface area contributed by atoms with E-state index < -0.39 is 10.0 Å². The van der Waals surface area contributed by atoms with Crippen LogP contribution in [0, 0.1) is 17.2 Å². The molecule has 1 fully saturated rings. The van der Waals surface area contributed by atoms with E-state index in [1.54, 1.807) is 0 Å². The molecule has 0 aromatic heterocycles. The predicted molar refractivity (Wildman–Crippen MR) is 76.3 cm³/mol. The van der Waals surface area contributed by atoms with Crippen molar-refractivity contribution < 1.29 is 8.42 Å². The van der Waals surface area contributed by atoms with Gasteiger partial charge in [0.2, 0.25) is 10.0 Å². The molecule has 2 rings (SSSR count). The lowest BCUT2D eigenvalue weighted by atomic mass is 9.93. The van der Waals surface area contributed by atoms with Crippen molar-refractivity contribution in [2.75, 3.05) is 13.1 Å². The van der Waals surface area contributed by atoms with Crippen LogP contribution in [0.4, 0.5) is 0 Å². The van der Waals surface area contributed by atoms with Gasteiger partial charge in [-0.05, 0) is 49.9 Å². The van der Waals surface area contributed by atoms with E-state index in [2.05, 4.69) is 0 Å². The Kier molecular flexibility index (Phi) is 4.43. The highest BCUT2D eigenvalue weighted by Gasteiger charge is 2.31. The molecule has 20 heavy (non-hydrogen) atoms. The zero-order valence-electron chi connectivity index (χ0n) is 11.5. The molecule has 1 heterocycles. The number of sulfonamides is 1. The van der Waals surface area contributed by atoms with Gasteiger partial charge in [-0.1, -0.05) is 0 Å². The Bertz CT molecular complexity index is 602. The van der Waals surface area contributed by atoms with Crippen LogP contribution in [0.25, 0.3) is 0 Å². The highest BCUT2D eigenvalue weighted by atomic mass is 32.2. The lowest BCUT2D eigenvalue weighted by Gasteiger charge is -2.33. The molecule has 1 saturated heterocycles. The van der Waals surface area contributed by atoms with E-state index in [1.165, 1.54) is 28.6 Å². The van der Waals surface area contributed by atoms with Crippen molar-refractivity contribution in [3.8, 4) is 6.07 Å². The van der Waals surface area contributed by atoms with Gasteiger partial charge in [0.1, 0.15) is 0 Å². The summed E-state index contributed by atoms with van der Waals surface area (Å²) in [5.41, 5.74) is 6.35. The smallest absolute Gasteiger partial charge is 0.243 e. The van der Waals surface area contributed by atoms with Gasteiger partial charge in [-0.2, -0.15) is 9.57 Å². The van der Waals surface area contributed by atoms with Gasteiger partial charge >= 0.3 is 0 Å². The number of nitrogens with zero attached hydrogens (tertiary/aromatic N) is 2. The second-order valence-electron chi connectivity index (χ2n) is 5.26. The lowest BCUT2D eigenvalue weighted by molar-refractivity contribution is 0.243. The van der Waals surface area contributed by atoms with Crippen molar-refractivity contribution in [2.45, 2.75) is 30.7 Å². The molecule has 0 spiro atoms. The molecule has 0 bridgehead atoms. The molecular formula is C14H19N3O2S. The van der Waals surface area contributed by atoms with Crippen molar-refractivity contribution in [1.29, 1.82) is 5.26 Å². The third kappa shape index (κ3) is 3.01. The highest BCUT2D eigenvalue weighted by molar-refractivity contribution is 7.89. The molecule has 1 aliphatic rings. The van der Waals surface area contributed by atoms with Crippen LogP contribution in [0.3, 0.4) is 0 Å². The first kappa shape index (κ1) is 15.0. The summed E-state index contributed by atoms with van der Waals surface area (Å²) in [5.74, 6) is 0.205. The number of benzene rings is 1. The Labute approximate surface area is 120 Å². The fourth-order valence-electron chi connectivity index (χ4n) is 2.47. The first-order valence-corrected chi connectivity index (χ1v) is 8.15. The fourth-order valence-corrected chi connectivity index (χ4v) is 4.01. The molecule has 1 aromatic carbocycles. The van der Waals surface area contributed by atoms with Crippen LogP contribution < -0.4 is 5.73 Å². The van der Waals surface area contributed by atoms with Crippen LogP contribution in [0.2, 0.25) is 0 Å². The standard InChI is InChI=1S/C14H19N3O2S/c1-11(16)13-3-2-8-17(10-13)20(18,19)14-6-4-12(9-15)5-7-14/h4-7,11,13H,2-3,8,10,16H2,1H3/t11-,13+/m0/s1. The molecule has 2 atom stereocenters. The minimum Gasteiger partial charge on any atom is -0.328 e. The lowest BCUT2D eigenvalue weighted by Crippen LogP contribution is -2.44. The summed E-state index contributed by atoms with van der Waals surface area (Å²) < 4.78 is 26.6. The van der Waals surface area contributed by atoms with Gasteiger partial charge in [0.15, 0.2) is 0 Å². The average Bonchev–Trinajstić information content (AvgIpc) is 2.47. The van der Waals surface area contributed by atoms with E-state index in [4.69, 9.17) is 11.0 Å². The topological polar surface area (TPSA) is 87.2 Å². The van der Waals surface area contributed by atoms with E-state index >= 15 is 0 Å². The number of hydrogen-bond acceptors (Lipinski definition) is 4. The van der Waals surface area contributed by atoms with Crippen LogP contribution in [-0.2, 0) is 10.0 Å². The fraction of sp³-hybridized carbons (Fsp3) is 0.500. The Morgan fingerprint density at radius 2 is 2.05 bits per heavy atom. The Morgan fingerprint density at radius 3 is 2.60 bits per heavy atom. The molecule has 1 aromatic rings. The minimum atomic E-state index is -3.49. The largest absolute Gasteiger partial charge is 0.328 e. The molecule has 0 amide bonds. The number of piperidine rings is 1. The average molecular weight is 293 g/mol. The number of hydrogen-bond donors (Lipinski definition) is 1. The normalized spacial score (nSPS) is 22.1. The van der Waals surface area contributed by atoms with Crippen LogP contribution >= 0.6 is 0 Å². The summed E-state index contributed by atoms with van der Waals surface area (Å²) in [6, 6.07) is 8.01.